The van der Waals surface area contributed by atoms with Crippen molar-refractivity contribution in [2.45, 2.75) is 11.7 Å². The van der Waals surface area contributed by atoms with Crippen molar-refractivity contribution < 1.29 is 9.53 Å². The summed E-state index contributed by atoms with van der Waals surface area (Å²) in [4.78, 5) is 12.4. The molecule has 2 nitrogen and oxygen atoms in total. The van der Waals surface area contributed by atoms with Gasteiger partial charge in [-0.05, 0) is 5.56 Å². The van der Waals surface area contributed by atoms with E-state index in [1.54, 1.807) is 12.1 Å². The summed E-state index contributed by atoms with van der Waals surface area (Å²) in [6, 6.07) is 18.9. The fraction of sp³-hybridized carbons (Fsp3) is 0.188. The lowest BCUT2D eigenvalue weighted by molar-refractivity contribution is 0.0953. The molecule has 0 amide bonds. The second-order valence-electron chi connectivity index (χ2n) is 4.62. The fourth-order valence-corrected chi connectivity index (χ4v) is 2.67. The SMILES string of the molecule is O=C(c1ccccc1)[C@@H]1O[C@@]1(CCl)c1ccccc1. The highest BCUT2D eigenvalue weighted by molar-refractivity contribution is 6.19. The van der Waals surface area contributed by atoms with E-state index in [0.717, 1.165) is 5.56 Å². The molecule has 2 aromatic carbocycles. The molecule has 1 aliphatic rings. The zero-order chi connectivity index (χ0) is 13.3. The Labute approximate surface area is 117 Å². The zero-order valence-electron chi connectivity index (χ0n) is 10.3. The molecule has 19 heavy (non-hydrogen) atoms. The molecule has 0 radical (unpaired) electrons. The maximum atomic E-state index is 12.4. The number of hydrogen-bond donors (Lipinski definition) is 0. The topological polar surface area (TPSA) is 29.6 Å². The number of rotatable bonds is 4. The van der Waals surface area contributed by atoms with Crippen LogP contribution in [0.25, 0.3) is 0 Å². The Bertz CT molecular complexity index is 582. The first kappa shape index (κ1) is 12.4. The summed E-state index contributed by atoms with van der Waals surface area (Å²) in [7, 11) is 0. The quantitative estimate of drug-likeness (QED) is 0.485. The summed E-state index contributed by atoms with van der Waals surface area (Å²) in [6.45, 7) is 0. The highest BCUT2D eigenvalue weighted by Crippen LogP contribution is 2.48. The molecule has 3 rings (SSSR count). The van der Waals surface area contributed by atoms with Crippen LogP contribution in [-0.2, 0) is 10.3 Å². The fourth-order valence-electron chi connectivity index (χ4n) is 2.31. The number of carbonyl (C=O) groups is 1. The first-order chi connectivity index (χ1) is 9.28. The van der Waals surface area contributed by atoms with Crippen LogP contribution < -0.4 is 0 Å². The number of hydrogen-bond acceptors (Lipinski definition) is 2. The summed E-state index contributed by atoms with van der Waals surface area (Å²) in [6.07, 6.45) is -0.477. The van der Waals surface area contributed by atoms with Crippen LogP contribution >= 0.6 is 11.6 Å². The Kier molecular flexibility index (Phi) is 3.13. The third-order valence-electron chi connectivity index (χ3n) is 3.45. The van der Waals surface area contributed by atoms with E-state index in [-0.39, 0.29) is 11.7 Å². The standard InChI is InChI=1S/C16H13ClO2/c17-11-16(13-9-5-2-6-10-13)15(19-16)14(18)12-7-3-1-4-8-12/h1-10,15H,11H2/t15-,16-/m0/s1. The minimum atomic E-state index is -0.657. The zero-order valence-corrected chi connectivity index (χ0v) is 11.0. The van der Waals surface area contributed by atoms with Crippen molar-refractivity contribution in [1.29, 1.82) is 0 Å². The molecule has 0 unspecified atom stereocenters. The van der Waals surface area contributed by atoms with Gasteiger partial charge in [-0.3, -0.25) is 4.79 Å². The van der Waals surface area contributed by atoms with Gasteiger partial charge in [0, 0.05) is 5.56 Å². The van der Waals surface area contributed by atoms with Crippen molar-refractivity contribution in [3.05, 3.63) is 71.8 Å². The van der Waals surface area contributed by atoms with Crippen LogP contribution in [0.1, 0.15) is 15.9 Å². The molecule has 1 saturated heterocycles. The number of alkyl halides is 1. The lowest BCUT2D eigenvalue weighted by Gasteiger charge is -2.09. The van der Waals surface area contributed by atoms with Gasteiger partial charge < -0.3 is 4.74 Å². The van der Waals surface area contributed by atoms with Crippen molar-refractivity contribution in [3.8, 4) is 0 Å². The number of Topliss-reactive ketones (excluding diaryl/α,β-unsaturated/α-hetero) is 1. The lowest BCUT2D eigenvalue weighted by atomic mass is 9.93. The maximum Gasteiger partial charge on any atom is 0.195 e. The molecule has 0 spiro atoms. The Hall–Kier alpha value is -1.64. The number of epoxide rings is 1. The van der Waals surface area contributed by atoms with Crippen molar-refractivity contribution in [2.24, 2.45) is 0 Å². The van der Waals surface area contributed by atoms with Crippen LogP contribution in [0, 0.1) is 0 Å². The van der Waals surface area contributed by atoms with Gasteiger partial charge >= 0.3 is 0 Å². The molecule has 96 valence electrons. The Morgan fingerprint density at radius 3 is 2.21 bits per heavy atom. The minimum absolute atomic E-state index is 0.00916. The number of ketones is 1. The van der Waals surface area contributed by atoms with Crippen LogP contribution in [0.2, 0.25) is 0 Å². The predicted molar refractivity (Wildman–Crippen MR) is 74.5 cm³/mol. The van der Waals surface area contributed by atoms with Crippen molar-refractivity contribution in [2.75, 3.05) is 5.88 Å². The molecule has 1 fully saturated rings. The van der Waals surface area contributed by atoms with Gasteiger partial charge in [-0.15, -0.1) is 11.6 Å². The van der Waals surface area contributed by atoms with Gasteiger partial charge in [-0.2, -0.15) is 0 Å². The third-order valence-corrected chi connectivity index (χ3v) is 3.85. The molecule has 2 atom stereocenters. The van der Waals surface area contributed by atoms with E-state index in [9.17, 15) is 4.79 Å². The van der Waals surface area contributed by atoms with E-state index in [1.165, 1.54) is 0 Å². The van der Waals surface area contributed by atoms with Crippen LogP contribution in [-0.4, -0.2) is 17.8 Å². The molecular formula is C16H13ClO2. The van der Waals surface area contributed by atoms with Crippen LogP contribution in [0.4, 0.5) is 0 Å². The van der Waals surface area contributed by atoms with E-state index in [2.05, 4.69) is 0 Å². The highest BCUT2D eigenvalue weighted by Gasteiger charge is 2.61. The van der Waals surface area contributed by atoms with Crippen LogP contribution in [0.15, 0.2) is 60.7 Å². The first-order valence-electron chi connectivity index (χ1n) is 6.16. The van der Waals surface area contributed by atoms with Crippen molar-refractivity contribution in [1.82, 2.24) is 0 Å². The molecule has 0 aliphatic carbocycles. The predicted octanol–water partition coefficient (Wildman–Crippen LogP) is 3.40. The molecule has 0 bridgehead atoms. The Morgan fingerprint density at radius 1 is 1.05 bits per heavy atom. The number of halogens is 1. The molecule has 0 aromatic heterocycles. The summed E-state index contributed by atoms with van der Waals surface area (Å²) in [5, 5.41) is 0. The second kappa shape index (κ2) is 4.80. The van der Waals surface area contributed by atoms with Gasteiger partial charge in [0.25, 0.3) is 0 Å². The molecule has 0 N–H and O–H groups in total. The van der Waals surface area contributed by atoms with Gasteiger partial charge in [0.1, 0.15) is 5.60 Å². The molecule has 3 heteroatoms. The number of carbonyl (C=O) groups excluding carboxylic acids is 1. The molecule has 1 heterocycles. The Balaban J connectivity index is 1.88. The minimum Gasteiger partial charge on any atom is -0.351 e. The monoisotopic (exact) mass is 272 g/mol. The van der Waals surface area contributed by atoms with Crippen molar-refractivity contribution in [3.63, 3.8) is 0 Å². The summed E-state index contributed by atoms with van der Waals surface area (Å²) >= 11 is 6.04. The highest BCUT2D eigenvalue weighted by atomic mass is 35.5. The normalized spacial score (nSPS) is 25.0. The van der Waals surface area contributed by atoms with Crippen LogP contribution in [0.3, 0.4) is 0 Å². The lowest BCUT2D eigenvalue weighted by Crippen LogP contribution is -2.21. The van der Waals surface area contributed by atoms with Gasteiger partial charge in [0.2, 0.25) is 0 Å². The maximum absolute atomic E-state index is 12.4. The first-order valence-corrected chi connectivity index (χ1v) is 6.70. The summed E-state index contributed by atoms with van der Waals surface area (Å²) < 4.78 is 5.67. The van der Waals surface area contributed by atoms with Gasteiger partial charge in [0.05, 0.1) is 5.88 Å². The smallest absolute Gasteiger partial charge is 0.195 e. The van der Waals surface area contributed by atoms with Gasteiger partial charge in [-0.25, -0.2) is 0 Å². The van der Waals surface area contributed by atoms with E-state index < -0.39 is 11.7 Å². The third kappa shape index (κ3) is 2.07. The second-order valence-corrected chi connectivity index (χ2v) is 4.88. The molecular weight excluding hydrogens is 260 g/mol. The summed E-state index contributed by atoms with van der Waals surface area (Å²) in [5.74, 6) is 0.269. The van der Waals surface area contributed by atoms with E-state index in [0.29, 0.717) is 5.56 Å². The molecule has 0 saturated carbocycles. The summed E-state index contributed by atoms with van der Waals surface area (Å²) in [5.41, 5.74) is 0.963. The molecule has 1 aliphatic heterocycles. The van der Waals surface area contributed by atoms with Crippen LogP contribution in [0.5, 0.6) is 0 Å². The van der Waals surface area contributed by atoms with Gasteiger partial charge in [-0.1, -0.05) is 60.7 Å². The van der Waals surface area contributed by atoms with E-state index in [1.807, 2.05) is 48.5 Å². The number of ether oxygens (including phenoxy) is 1. The molecule has 2 aromatic rings. The average Bonchev–Trinajstić information content (AvgIpc) is 3.24. The van der Waals surface area contributed by atoms with Crippen molar-refractivity contribution >= 4 is 17.4 Å². The van der Waals surface area contributed by atoms with E-state index >= 15 is 0 Å². The number of benzene rings is 2. The van der Waals surface area contributed by atoms with Gasteiger partial charge in [0.15, 0.2) is 11.9 Å². The average molecular weight is 273 g/mol. The Morgan fingerprint density at radius 2 is 1.63 bits per heavy atom. The largest absolute Gasteiger partial charge is 0.351 e. The van der Waals surface area contributed by atoms with E-state index in [4.69, 9.17) is 16.3 Å².